The molecule has 148 valence electrons. The van der Waals surface area contributed by atoms with E-state index in [9.17, 15) is 22.4 Å². The minimum Gasteiger partial charge on any atom is -0.482 e. The molecule has 0 aromatic heterocycles. The number of benzene rings is 2. The summed E-state index contributed by atoms with van der Waals surface area (Å²) in [5.74, 6) is -1.66. The van der Waals surface area contributed by atoms with Crippen molar-refractivity contribution in [3.05, 3.63) is 46.7 Å². The number of sulfone groups is 1. The summed E-state index contributed by atoms with van der Waals surface area (Å²) in [6.45, 7) is 1.40. The Morgan fingerprint density at radius 1 is 1.32 bits per heavy atom. The molecule has 0 atom stereocenters. The van der Waals surface area contributed by atoms with Gasteiger partial charge < -0.3 is 15.4 Å². The minimum atomic E-state index is -3.78. The lowest BCUT2D eigenvalue weighted by Gasteiger charge is -2.20. The number of aryl methyl sites for hydroxylation is 1. The first-order valence-corrected chi connectivity index (χ1v) is 10.2. The highest BCUT2D eigenvalue weighted by Gasteiger charge is 2.24. The average Bonchev–Trinajstić information content (AvgIpc) is 2.62. The summed E-state index contributed by atoms with van der Waals surface area (Å²) < 4.78 is 43.7. The van der Waals surface area contributed by atoms with Crippen LogP contribution in [-0.4, -0.2) is 32.6 Å². The number of ether oxygens (including phenoxy) is 1. The standard InChI is InChI=1S/C18H16ClFN2O5S/c1-10-6-14-15(27-9-18(24)22-14)8-16(10)28(25,26)5-4-17(23)21-11-2-3-13(20)12(19)7-11/h2-3,6-8H,4-5,9H2,1H3,(H,21,23)(H,22,24). The maximum atomic E-state index is 13.2. The predicted octanol–water partition coefficient (Wildman–Crippen LogP) is 2.92. The first-order valence-electron chi connectivity index (χ1n) is 8.20. The van der Waals surface area contributed by atoms with E-state index < -0.39 is 27.3 Å². The van der Waals surface area contributed by atoms with Gasteiger partial charge in [0, 0.05) is 18.2 Å². The molecule has 2 amide bonds. The number of hydrogen-bond acceptors (Lipinski definition) is 5. The molecule has 2 aromatic carbocycles. The molecule has 7 nitrogen and oxygen atoms in total. The molecular weight excluding hydrogens is 411 g/mol. The first-order chi connectivity index (χ1) is 13.2. The number of carbonyl (C=O) groups excluding carboxylic acids is 2. The lowest BCUT2D eigenvalue weighted by atomic mass is 10.2. The highest BCUT2D eigenvalue weighted by Crippen LogP contribution is 2.33. The van der Waals surface area contributed by atoms with Gasteiger partial charge in [-0.15, -0.1) is 0 Å². The monoisotopic (exact) mass is 426 g/mol. The van der Waals surface area contributed by atoms with Crippen LogP contribution in [0.25, 0.3) is 0 Å². The fourth-order valence-electron chi connectivity index (χ4n) is 2.69. The molecule has 0 radical (unpaired) electrons. The molecule has 0 saturated carbocycles. The van der Waals surface area contributed by atoms with Gasteiger partial charge in [0.1, 0.15) is 11.6 Å². The number of halogens is 2. The maximum Gasteiger partial charge on any atom is 0.262 e. The third kappa shape index (κ3) is 4.42. The van der Waals surface area contributed by atoms with Crippen molar-refractivity contribution in [2.75, 3.05) is 23.0 Å². The Bertz CT molecular complexity index is 1070. The summed E-state index contributed by atoms with van der Waals surface area (Å²) in [7, 11) is -3.78. The van der Waals surface area contributed by atoms with Crippen LogP contribution >= 0.6 is 11.6 Å². The highest BCUT2D eigenvalue weighted by atomic mass is 35.5. The van der Waals surface area contributed by atoms with Crippen molar-refractivity contribution in [2.45, 2.75) is 18.2 Å². The third-order valence-corrected chi connectivity index (χ3v) is 6.19. The van der Waals surface area contributed by atoms with E-state index in [0.717, 1.165) is 6.07 Å². The Hall–Kier alpha value is -2.65. The van der Waals surface area contributed by atoms with E-state index in [4.69, 9.17) is 16.3 Å². The van der Waals surface area contributed by atoms with Crippen LogP contribution < -0.4 is 15.4 Å². The van der Waals surface area contributed by atoms with E-state index in [1.165, 1.54) is 24.3 Å². The number of anilines is 2. The molecular formula is C18H16ClFN2O5S. The topological polar surface area (TPSA) is 102 Å². The van der Waals surface area contributed by atoms with Gasteiger partial charge in [-0.3, -0.25) is 9.59 Å². The Morgan fingerprint density at radius 3 is 2.79 bits per heavy atom. The van der Waals surface area contributed by atoms with Gasteiger partial charge >= 0.3 is 0 Å². The lowest BCUT2D eigenvalue weighted by Crippen LogP contribution is -2.26. The molecule has 0 bridgehead atoms. The summed E-state index contributed by atoms with van der Waals surface area (Å²) in [4.78, 5) is 23.4. The van der Waals surface area contributed by atoms with E-state index in [2.05, 4.69) is 10.6 Å². The van der Waals surface area contributed by atoms with Crippen LogP contribution in [0.15, 0.2) is 35.2 Å². The summed E-state index contributed by atoms with van der Waals surface area (Å²) in [6.07, 6.45) is -0.300. The van der Waals surface area contributed by atoms with E-state index in [0.29, 0.717) is 11.3 Å². The van der Waals surface area contributed by atoms with Crippen LogP contribution in [0.4, 0.5) is 15.8 Å². The van der Waals surface area contributed by atoms with Gasteiger partial charge in [-0.05, 0) is 36.8 Å². The molecule has 2 aromatic rings. The number of rotatable bonds is 5. The van der Waals surface area contributed by atoms with Gasteiger partial charge in [0.2, 0.25) is 5.91 Å². The maximum absolute atomic E-state index is 13.2. The zero-order valence-corrected chi connectivity index (χ0v) is 16.3. The largest absolute Gasteiger partial charge is 0.482 e. The van der Waals surface area contributed by atoms with Crippen LogP contribution in [0.3, 0.4) is 0 Å². The highest BCUT2D eigenvalue weighted by molar-refractivity contribution is 7.91. The normalized spacial score (nSPS) is 13.3. The molecule has 0 spiro atoms. The van der Waals surface area contributed by atoms with Crippen molar-refractivity contribution in [1.29, 1.82) is 0 Å². The summed E-state index contributed by atoms with van der Waals surface area (Å²) >= 11 is 5.65. The Balaban J connectivity index is 1.70. The van der Waals surface area contributed by atoms with Gasteiger partial charge in [-0.25, -0.2) is 12.8 Å². The predicted molar refractivity (Wildman–Crippen MR) is 102 cm³/mol. The molecule has 28 heavy (non-hydrogen) atoms. The van der Waals surface area contributed by atoms with E-state index in [-0.39, 0.29) is 40.3 Å². The molecule has 1 aliphatic rings. The Morgan fingerprint density at radius 2 is 2.07 bits per heavy atom. The van der Waals surface area contributed by atoms with Crippen molar-refractivity contribution in [3.63, 3.8) is 0 Å². The van der Waals surface area contributed by atoms with Crippen LogP contribution in [0.5, 0.6) is 5.75 Å². The molecule has 0 unspecified atom stereocenters. The lowest BCUT2D eigenvalue weighted by molar-refractivity contribution is -0.118. The van der Waals surface area contributed by atoms with Crippen LogP contribution in [0.2, 0.25) is 5.02 Å². The van der Waals surface area contributed by atoms with Gasteiger partial charge in [0.15, 0.2) is 16.4 Å². The van der Waals surface area contributed by atoms with Gasteiger partial charge in [-0.2, -0.15) is 0 Å². The fourth-order valence-corrected chi connectivity index (χ4v) is 4.38. The fraction of sp³-hybridized carbons (Fsp3) is 0.222. The van der Waals surface area contributed by atoms with Gasteiger partial charge in [0.25, 0.3) is 5.91 Å². The summed E-state index contributed by atoms with van der Waals surface area (Å²) in [6, 6.07) is 6.52. The van der Waals surface area contributed by atoms with Crippen molar-refractivity contribution in [3.8, 4) is 5.75 Å². The van der Waals surface area contributed by atoms with Crippen molar-refractivity contribution in [2.24, 2.45) is 0 Å². The Labute approximate surface area is 165 Å². The summed E-state index contributed by atoms with van der Waals surface area (Å²) in [5.41, 5.74) is 1.09. The van der Waals surface area contributed by atoms with Crippen LogP contribution in [0, 0.1) is 12.7 Å². The van der Waals surface area contributed by atoms with Gasteiger partial charge in [0.05, 0.1) is 21.4 Å². The van der Waals surface area contributed by atoms with Gasteiger partial charge in [-0.1, -0.05) is 11.6 Å². The second-order valence-corrected chi connectivity index (χ2v) is 8.68. The zero-order valence-electron chi connectivity index (χ0n) is 14.7. The first kappa shape index (κ1) is 20.1. The number of hydrogen-bond donors (Lipinski definition) is 2. The molecule has 1 aliphatic heterocycles. The smallest absolute Gasteiger partial charge is 0.262 e. The second-order valence-electron chi connectivity index (χ2n) is 6.20. The third-order valence-electron chi connectivity index (χ3n) is 4.05. The minimum absolute atomic E-state index is 0.0278. The molecule has 10 heteroatoms. The molecule has 0 aliphatic carbocycles. The molecule has 0 fully saturated rings. The molecule has 1 heterocycles. The number of carbonyl (C=O) groups is 2. The second kappa shape index (κ2) is 7.76. The molecule has 0 saturated heterocycles. The SMILES string of the molecule is Cc1cc2c(cc1S(=O)(=O)CCC(=O)Nc1ccc(F)c(Cl)c1)OCC(=O)N2. The van der Waals surface area contributed by atoms with E-state index in [1.807, 2.05) is 0 Å². The van der Waals surface area contributed by atoms with Crippen LogP contribution in [-0.2, 0) is 19.4 Å². The number of nitrogens with one attached hydrogen (secondary N) is 2. The van der Waals surface area contributed by atoms with E-state index in [1.54, 1.807) is 6.92 Å². The van der Waals surface area contributed by atoms with Crippen LogP contribution in [0.1, 0.15) is 12.0 Å². The number of fused-ring (bicyclic) bond motifs is 1. The Kier molecular flexibility index (Phi) is 5.57. The average molecular weight is 427 g/mol. The van der Waals surface area contributed by atoms with Crippen molar-refractivity contribution in [1.82, 2.24) is 0 Å². The van der Waals surface area contributed by atoms with Crippen molar-refractivity contribution >= 4 is 44.6 Å². The molecule has 2 N–H and O–H groups in total. The molecule has 3 rings (SSSR count). The van der Waals surface area contributed by atoms with Crippen molar-refractivity contribution < 1.29 is 27.1 Å². The quantitative estimate of drug-likeness (QED) is 0.765. The number of amides is 2. The zero-order chi connectivity index (χ0) is 20.5. The van der Waals surface area contributed by atoms with E-state index >= 15 is 0 Å². The summed E-state index contributed by atoms with van der Waals surface area (Å²) in [5, 5.41) is 4.93.